The Morgan fingerprint density at radius 2 is 2.04 bits per heavy atom. The van der Waals surface area contributed by atoms with E-state index in [-0.39, 0.29) is 31.1 Å². The summed E-state index contributed by atoms with van der Waals surface area (Å²) in [5.41, 5.74) is -0.303. The first-order chi connectivity index (χ1) is 11.2. The summed E-state index contributed by atoms with van der Waals surface area (Å²) in [5, 5.41) is 11.9. The van der Waals surface area contributed by atoms with Gasteiger partial charge in [0.2, 0.25) is 0 Å². The summed E-state index contributed by atoms with van der Waals surface area (Å²) in [7, 11) is 0. The van der Waals surface area contributed by atoms with E-state index in [1.165, 1.54) is 6.07 Å². The van der Waals surface area contributed by atoms with Crippen LogP contribution in [0.2, 0.25) is 0 Å². The molecule has 1 saturated carbocycles. The number of carbonyl (C=O) groups is 1. The smallest absolute Gasteiger partial charge is 0.395 e. The van der Waals surface area contributed by atoms with Crippen LogP contribution in [-0.2, 0) is 6.18 Å². The fourth-order valence-corrected chi connectivity index (χ4v) is 2.70. The van der Waals surface area contributed by atoms with Gasteiger partial charge in [0.15, 0.2) is 0 Å². The molecule has 1 aliphatic rings. The van der Waals surface area contributed by atoms with Gasteiger partial charge in [-0.1, -0.05) is 26.0 Å². The Morgan fingerprint density at radius 1 is 1.38 bits per heavy atom. The van der Waals surface area contributed by atoms with Gasteiger partial charge in [-0.15, -0.1) is 0 Å². The lowest BCUT2D eigenvalue weighted by molar-refractivity contribution is -0.137. The molecular weight excluding hydrogens is 321 g/mol. The van der Waals surface area contributed by atoms with E-state index in [1.807, 2.05) is 13.8 Å². The van der Waals surface area contributed by atoms with Crippen molar-refractivity contribution in [3.05, 3.63) is 35.4 Å². The van der Waals surface area contributed by atoms with E-state index in [0.717, 1.165) is 25.0 Å². The van der Waals surface area contributed by atoms with Crippen LogP contribution >= 0.6 is 0 Å². The van der Waals surface area contributed by atoms with Gasteiger partial charge in [-0.25, -0.2) is 4.79 Å². The van der Waals surface area contributed by atoms with Crippen molar-refractivity contribution in [2.75, 3.05) is 13.2 Å². The molecule has 7 heteroatoms. The Bertz CT molecular complexity index is 571. The Labute approximate surface area is 139 Å². The lowest BCUT2D eigenvalue weighted by Gasteiger charge is -2.28. The number of aliphatic hydroxyl groups is 1. The van der Waals surface area contributed by atoms with E-state index in [1.54, 1.807) is 11.0 Å². The fraction of sp³-hybridized carbons (Fsp3) is 0.588. The Hall–Kier alpha value is -1.76. The molecule has 2 rings (SSSR count). The van der Waals surface area contributed by atoms with E-state index in [0.29, 0.717) is 5.56 Å². The molecule has 0 radical (unpaired) electrons. The number of amides is 2. The van der Waals surface area contributed by atoms with E-state index < -0.39 is 17.8 Å². The van der Waals surface area contributed by atoms with Crippen LogP contribution < -0.4 is 5.32 Å². The lowest BCUT2D eigenvalue weighted by Crippen LogP contribution is -2.45. The molecule has 2 N–H and O–H groups in total. The van der Waals surface area contributed by atoms with E-state index in [9.17, 15) is 18.0 Å². The Kier molecular flexibility index (Phi) is 5.74. The Morgan fingerprint density at radius 3 is 2.54 bits per heavy atom. The molecule has 0 saturated heterocycles. The summed E-state index contributed by atoms with van der Waals surface area (Å²) in [6.07, 6.45) is -2.63. The zero-order valence-electron chi connectivity index (χ0n) is 13.8. The zero-order chi connectivity index (χ0) is 17.9. The highest BCUT2D eigenvalue weighted by Gasteiger charge is 2.34. The van der Waals surface area contributed by atoms with Gasteiger partial charge in [-0.2, -0.15) is 13.2 Å². The number of alkyl halides is 3. The van der Waals surface area contributed by atoms with Crippen molar-refractivity contribution in [3.63, 3.8) is 0 Å². The molecule has 4 nitrogen and oxygen atoms in total. The van der Waals surface area contributed by atoms with Gasteiger partial charge in [-0.3, -0.25) is 0 Å². The second kappa shape index (κ2) is 7.42. The minimum atomic E-state index is -4.42. The van der Waals surface area contributed by atoms with Gasteiger partial charge in [-0.05, 0) is 36.5 Å². The van der Waals surface area contributed by atoms with Crippen LogP contribution in [0.25, 0.3) is 0 Å². The molecule has 2 amide bonds. The summed E-state index contributed by atoms with van der Waals surface area (Å²) >= 11 is 0. The molecule has 134 valence electrons. The SMILES string of the molecule is CC(C)C(NC(=O)N(CCO)C1CC1)c1cccc(C(F)(F)F)c1. The third-order valence-electron chi connectivity index (χ3n) is 4.11. The lowest BCUT2D eigenvalue weighted by atomic mass is 9.94. The molecule has 1 atom stereocenters. The van der Waals surface area contributed by atoms with Crippen molar-refractivity contribution >= 4 is 6.03 Å². The number of carbonyl (C=O) groups excluding carboxylic acids is 1. The first-order valence-corrected chi connectivity index (χ1v) is 8.09. The second-order valence-electron chi connectivity index (χ2n) is 6.44. The molecule has 0 aliphatic heterocycles. The number of nitrogens with zero attached hydrogens (tertiary/aromatic N) is 1. The normalized spacial score (nSPS) is 16.1. The summed E-state index contributed by atoms with van der Waals surface area (Å²) < 4.78 is 38.7. The predicted molar refractivity (Wildman–Crippen MR) is 84.4 cm³/mol. The largest absolute Gasteiger partial charge is 0.416 e. The molecule has 0 spiro atoms. The number of nitrogens with one attached hydrogen (secondary N) is 1. The minimum Gasteiger partial charge on any atom is -0.395 e. The summed E-state index contributed by atoms with van der Waals surface area (Å²) in [6.45, 7) is 3.78. The number of urea groups is 1. The van der Waals surface area contributed by atoms with Gasteiger partial charge in [0.05, 0.1) is 18.2 Å². The maximum Gasteiger partial charge on any atom is 0.416 e. The van der Waals surface area contributed by atoms with Crippen molar-refractivity contribution in [1.29, 1.82) is 0 Å². The number of rotatable bonds is 6. The third-order valence-corrected chi connectivity index (χ3v) is 4.11. The monoisotopic (exact) mass is 344 g/mol. The van der Waals surface area contributed by atoms with Gasteiger partial charge in [0, 0.05) is 12.6 Å². The fourth-order valence-electron chi connectivity index (χ4n) is 2.70. The van der Waals surface area contributed by atoms with Crippen molar-refractivity contribution in [2.45, 2.75) is 44.9 Å². The zero-order valence-corrected chi connectivity index (χ0v) is 13.8. The van der Waals surface area contributed by atoms with Crippen molar-refractivity contribution in [3.8, 4) is 0 Å². The molecule has 1 aliphatic carbocycles. The van der Waals surface area contributed by atoms with Crippen LogP contribution in [-0.4, -0.2) is 35.2 Å². The molecule has 0 heterocycles. The number of halogens is 3. The maximum atomic E-state index is 12.9. The second-order valence-corrected chi connectivity index (χ2v) is 6.44. The quantitative estimate of drug-likeness (QED) is 0.829. The highest BCUT2D eigenvalue weighted by molar-refractivity contribution is 5.75. The molecule has 1 unspecified atom stereocenters. The number of hydrogen-bond donors (Lipinski definition) is 2. The molecule has 1 aromatic carbocycles. The highest BCUT2D eigenvalue weighted by atomic mass is 19.4. The van der Waals surface area contributed by atoms with E-state index >= 15 is 0 Å². The first-order valence-electron chi connectivity index (χ1n) is 8.09. The molecule has 0 bridgehead atoms. The predicted octanol–water partition coefficient (Wildman–Crippen LogP) is 3.57. The molecule has 1 aromatic rings. The van der Waals surface area contributed by atoms with Crippen molar-refractivity contribution in [1.82, 2.24) is 10.2 Å². The molecule has 0 aromatic heterocycles. The number of hydrogen-bond acceptors (Lipinski definition) is 2. The topological polar surface area (TPSA) is 52.6 Å². The molecular formula is C17H23F3N2O2. The van der Waals surface area contributed by atoms with Gasteiger partial charge in [0.25, 0.3) is 0 Å². The van der Waals surface area contributed by atoms with Gasteiger partial charge < -0.3 is 15.3 Å². The van der Waals surface area contributed by atoms with Crippen LogP contribution in [0.4, 0.5) is 18.0 Å². The van der Waals surface area contributed by atoms with Crippen LogP contribution in [0, 0.1) is 5.92 Å². The Balaban J connectivity index is 2.19. The average molecular weight is 344 g/mol. The van der Waals surface area contributed by atoms with Crippen LogP contribution in [0.5, 0.6) is 0 Å². The van der Waals surface area contributed by atoms with Crippen molar-refractivity contribution in [2.24, 2.45) is 5.92 Å². The molecule has 24 heavy (non-hydrogen) atoms. The van der Waals surface area contributed by atoms with Crippen LogP contribution in [0.1, 0.15) is 43.9 Å². The number of benzene rings is 1. The average Bonchev–Trinajstić information content (AvgIpc) is 3.33. The maximum absolute atomic E-state index is 12.9. The van der Waals surface area contributed by atoms with Gasteiger partial charge >= 0.3 is 12.2 Å². The van der Waals surface area contributed by atoms with Crippen molar-refractivity contribution < 1.29 is 23.1 Å². The highest BCUT2D eigenvalue weighted by Crippen LogP contribution is 2.33. The van der Waals surface area contributed by atoms with E-state index in [4.69, 9.17) is 5.11 Å². The summed E-state index contributed by atoms with van der Waals surface area (Å²) in [5.74, 6) is -0.0763. The third kappa shape index (κ3) is 4.63. The van der Waals surface area contributed by atoms with E-state index in [2.05, 4.69) is 5.32 Å². The minimum absolute atomic E-state index is 0.0763. The summed E-state index contributed by atoms with van der Waals surface area (Å²) in [6, 6.07) is 4.29. The van der Waals surface area contributed by atoms with Crippen LogP contribution in [0.3, 0.4) is 0 Å². The number of aliphatic hydroxyl groups excluding tert-OH is 1. The van der Waals surface area contributed by atoms with Crippen LogP contribution in [0.15, 0.2) is 24.3 Å². The standard InChI is InChI=1S/C17H23F3N2O2/c1-11(2)15(12-4-3-5-13(10-12)17(18,19)20)21-16(24)22(8-9-23)14-6-7-14/h3-5,10-11,14-15,23H,6-9H2,1-2H3,(H,21,24). The first kappa shape index (κ1) is 18.6. The molecule has 1 fully saturated rings. The summed E-state index contributed by atoms with van der Waals surface area (Å²) in [4.78, 5) is 14.0. The van der Waals surface area contributed by atoms with Gasteiger partial charge in [0.1, 0.15) is 0 Å².